The summed E-state index contributed by atoms with van der Waals surface area (Å²) in [4.78, 5) is 0. The van der Waals surface area contributed by atoms with Crippen LogP contribution in [0.3, 0.4) is 0 Å². The zero-order valence-corrected chi connectivity index (χ0v) is 11.4. The molecule has 0 saturated carbocycles. The molecule has 0 saturated heterocycles. The van der Waals surface area contributed by atoms with Crippen molar-refractivity contribution in [2.45, 2.75) is 25.5 Å². The SMILES string of the molecule is CC(C)(CO)NCC(O)c1ccc2ccccc2c1. The Balaban J connectivity index is 2.11. The number of fused-ring (bicyclic) bond motifs is 1. The fourth-order valence-corrected chi connectivity index (χ4v) is 1.96. The van der Waals surface area contributed by atoms with Crippen LogP contribution >= 0.6 is 0 Å². The molecular weight excluding hydrogens is 238 g/mol. The van der Waals surface area contributed by atoms with Crippen molar-refractivity contribution < 1.29 is 10.2 Å². The first kappa shape index (κ1) is 14.0. The number of hydrogen-bond acceptors (Lipinski definition) is 3. The number of β-amino-alcohol motifs (C(OH)–C–C–N with tert-alkyl or cyclic N) is 1. The number of aliphatic hydroxyl groups is 2. The summed E-state index contributed by atoms with van der Waals surface area (Å²) in [6, 6.07) is 14.1. The number of rotatable bonds is 5. The van der Waals surface area contributed by atoms with Gasteiger partial charge in [-0.25, -0.2) is 0 Å². The van der Waals surface area contributed by atoms with E-state index in [1.807, 2.05) is 50.2 Å². The highest BCUT2D eigenvalue weighted by molar-refractivity contribution is 5.83. The molecule has 0 aliphatic heterocycles. The van der Waals surface area contributed by atoms with Gasteiger partial charge in [-0.3, -0.25) is 0 Å². The molecule has 1 unspecified atom stereocenters. The molecule has 102 valence electrons. The second-order valence-electron chi connectivity index (χ2n) is 5.55. The molecule has 3 N–H and O–H groups in total. The smallest absolute Gasteiger partial charge is 0.0914 e. The summed E-state index contributed by atoms with van der Waals surface area (Å²) in [7, 11) is 0. The Labute approximate surface area is 113 Å². The van der Waals surface area contributed by atoms with Gasteiger partial charge < -0.3 is 15.5 Å². The summed E-state index contributed by atoms with van der Waals surface area (Å²) in [6.07, 6.45) is -0.574. The number of benzene rings is 2. The van der Waals surface area contributed by atoms with E-state index in [-0.39, 0.29) is 12.1 Å². The van der Waals surface area contributed by atoms with E-state index in [1.54, 1.807) is 0 Å². The van der Waals surface area contributed by atoms with Gasteiger partial charge in [0.1, 0.15) is 0 Å². The lowest BCUT2D eigenvalue weighted by Gasteiger charge is -2.25. The predicted molar refractivity (Wildman–Crippen MR) is 78.1 cm³/mol. The molecule has 0 spiro atoms. The minimum absolute atomic E-state index is 0.0391. The highest BCUT2D eigenvalue weighted by atomic mass is 16.3. The molecule has 2 rings (SSSR count). The van der Waals surface area contributed by atoms with Crippen molar-refractivity contribution in [3.05, 3.63) is 48.0 Å². The summed E-state index contributed by atoms with van der Waals surface area (Å²) >= 11 is 0. The molecule has 0 aliphatic carbocycles. The van der Waals surface area contributed by atoms with E-state index < -0.39 is 6.10 Å². The Morgan fingerprint density at radius 1 is 1.11 bits per heavy atom. The average molecular weight is 259 g/mol. The van der Waals surface area contributed by atoms with Crippen molar-refractivity contribution in [1.82, 2.24) is 5.32 Å². The first-order chi connectivity index (χ1) is 9.02. The summed E-state index contributed by atoms with van der Waals surface area (Å²) in [5, 5.41) is 24.8. The van der Waals surface area contributed by atoms with Crippen LogP contribution in [0.15, 0.2) is 42.5 Å². The highest BCUT2D eigenvalue weighted by Crippen LogP contribution is 2.20. The third-order valence-electron chi connectivity index (χ3n) is 3.33. The highest BCUT2D eigenvalue weighted by Gasteiger charge is 2.17. The van der Waals surface area contributed by atoms with E-state index in [2.05, 4.69) is 11.4 Å². The molecule has 0 aliphatic rings. The van der Waals surface area contributed by atoms with Crippen molar-refractivity contribution >= 4 is 10.8 Å². The largest absolute Gasteiger partial charge is 0.394 e. The average Bonchev–Trinajstić information content (AvgIpc) is 2.44. The van der Waals surface area contributed by atoms with Gasteiger partial charge in [-0.05, 0) is 36.2 Å². The number of aliphatic hydroxyl groups excluding tert-OH is 2. The minimum atomic E-state index is -0.574. The maximum Gasteiger partial charge on any atom is 0.0914 e. The molecular formula is C16H21NO2. The van der Waals surface area contributed by atoms with Gasteiger partial charge in [0.05, 0.1) is 12.7 Å². The predicted octanol–water partition coefficient (Wildman–Crippen LogP) is 2.23. The van der Waals surface area contributed by atoms with Gasteiger partial charge in [-0.15, -0.1) is 0 Å². The Kier molecular flexibility index (Phi) is 4.20. The number of nitrogens with one attached hydrogen (secondary N) is 1. The lowest BCUT2D eigenvalue weighted by molar-refractivity contribution is 0.136. The van der Waals surface area contributed by atoms with E-state index in [9.17, 15) is 10.2 Å². The van der Waals surface area contributed by atoms with Crippen molar-refractivity contribution in [2.75, 3.05) is 13.2 Å². The Bertz CT molecular complexity index is 551. The summed E-state index contributed by atoms with van der Waals surface area (Å²) in [6.45, 7) is 4.27. The van der Waals surface area contributed by atoms with Crippen LogP contribution in [-0.4, -0.2) is 28.9 Å². The topological polar surface area (TPSA) is 52.5 Å². The normalized spacial score (nSPS) is 13.7. The van der Waals surface area contributed by atoms with Crippen LogP contribution in [0.25, 0.3) is 10.8 Å². The molecule has 2 aromatic rings. The minimum Gasteiger partial charge on any atom is -0.394 e. The molecule has 1 atom stereocenters. The third kappa shape index (κ3) is 3.53. The van der Waals surface area contributed by atoms with Crippen LogP contribution in [0.2, 0.25) is 0 Å². The fourth-order valence-electron chi connectivity index (χ4n) is 1.96. The molecule has 0 radical (unpaired) electrons. The van der Waals surface area contributed by atoms with Crippen LogP contribution in [0.5, 0.6) is 0 Å². The van der Waals surface area contributed by atoms with Crippen molar-refractivity contribution in [2.24, 2.45) is 0 Å². The number of hydrogen-bond donors (Lipinski definition) is 3. The van der Waals surface area contributed by atoms with E-state index in [4.69, 9.17) is 0 Å². The zero-order valence-electron chi connectivity index (χ0n) is 11.4. The first-order valence-corrected chi connectivity index (χ1v) is 6.54. The standard InChI is InChI=1S/C16H21NO2/c1-16(2,11-18)17-10-15(19)14-8-7-12-5-3-4-6-13(12)9-14/h3-9,15,17-19H,10-11H2,1-2H3. The van der Waals surface area contributed by atoms with E-state index >= 15 is 0 Å². The van der Waals surface area contributed by atoms with Crippen LogP contribution < -0.4 is 5.32 Å². The lowest BCUT2D eigenvalue weighted by atomic mass is 10.0. The molecule has 0 aromatic heterocycles. The van der Waals surface area contributed by atoms with Gasteiger partial charge in [0.2, 0.25) is 0 Å². The Morgan fingerprint density at radius 2 is 1.79 bits per heavy atom. The quantitative estimate of drug-likeness (QED) is 0.772. The van der Waals surface area contributed by atoms with Crippen LogP contribution in [-0.2, 0) is 0 Å². The van der Waals surface area contributed by atoms with E-state index in [0.29, 0.717) is 6.54 Å². The molecule has 3 heteroatoms. The maximum absolute atomic E-state index is 10.2. The lowest BCUT2D eigenvalue weighted by Crippen LogP contribution is -2.44. The molecule has 0 amide bonds. The molecule has 3 nitrogen and oxygen atoms in total. The van der Waals surface area contributed by atoms with Gasteiger partial charge in [-0.2, -0.15) is 0 Å². The third-order valence-corrected chi connectivity index (χ3v) is 3.33. The van der Waals surface area contributed by atoms with Gasteiger partial charge >= 0.3 is 0 Å². The first-order valence-electron chi connectivity index (χ1n) is 6.54. The van der Waals surface area contributed by atoms with Crippen molar-refractivity contribution in [3.8, 4) is 0 Å². The second kappa shape index (κ2) is 5.70. The van der Waals surface area contributed by atoms with Crippen molar-refractivity contribution in [3.63, 3.8) is 0 Å². The monoisotopic (exact) mass is 259 g/mol. The molecule has 2 aromatic carbocycles. The van der Waals surface area contributed by atoms with Gasteiger partial charge in [0, 0.05) is 12.1 Å². The van der Waals surface area contributed by atoms with Crippen LogP contribution in [0, 0.1) is 0 Å². The Hall–Kier alpha value is -1.42. The summed E-state index contributed by atoms with van der Waals surface area (Å²) < 4.78 is 0. The fraction of sp³-hybridized carbons (Fsp3) is 0.375. The Morgan fingerprint density at radius 3 is 2.47 bits per heavy atom. The molecule has 0 bridgehead atoms. The molecule has 0 fully saturated rings. The second-order valence-corrected chi connectivity index (χ2v) is 5.55. The van der Waals surface area contributed by atoms with Gasteiger partial charge in [0.15, 0.2) is 0 Å². The van der Waals surface area contributed by atoms with Gasteiger partial charge in [-0.1, -0.05) is 36.4 Å². The van der Waals surface area contributed by atoms with E-state index in [1.165, 1.54) is 5.39 Å². The van der Waals surface area contributed by atoms with E-state index in [0.717, 1.165) is 10.9 Å². The summed E-state index contributed by atoms with van der Waals surface area (Å²) in [5.41, 5.74) is 0.512. The maximum atomic E-state index is 10.2. The van der Waals surface area contributed by atoms with Crippen molar-refractivity contribution in [1.29, 1.82) is 0 Å². The van der Waals surface area contributed by atoms with Crippen LogP contribution in [0.1, 0.15) is 25.5 Å². The zero-order chi connectivity index (χ0) is 13.9. The van der Waals surface area contributed by atoms with Crippen LogP contribution in [0.4, 0.5) is 0 Å². The molecule has 0 heterocycles. The van der Waals surface area contributed by atoms with Gasteiger partial charge in [0.25, 0.3) is 0 Å². The molecule has 19 heavy (non-hydrogen) atoms. The summed E-state index contributed by atoms with van der Waals surface area (Å²) in [5.74, 6) is 0.